The van der Waals surface area contributed by atoms with Crippen LogP contribution in [-0.4, -0.2) is 4.98 Å². The number of hydrogen-bond acceptors (Lipinski definition) is 4. The second-order valence-corrected chi connectivity index (χ2v) is 3.75. The van der Waals surface area contributed by atoms with Gasteiger partial charge in [-0.05, 0) is 17.7 Å². The molecule has 0 aliphatic carbocycles. The van der Waals surface area contributed by atoms with Crippen LogP contribution in [-0.2, 0) is 0 Å². The fourth-order valence-corrected chi connectivity index (χ4v) is 1.76. The van der Waals surface area contributed by atoms with E-state index in [4.69, 9.17) is 11.5 Å². The number of benzene rings is 1. The summed E-state index contributed by atoms with van der Waals surface area (Å²) in [4.78, 5) is 5.05. The molecule has 3 nitrogen and oxygen atoms in total. The van der Waals surface area contributed by atoms with E-state index in [1.165, 1.54) is 11.3 Å². The van der Waals surface area contributed by atoms with E-state index in [1.54, 1.807) is 6.20 Å². The zero-order valence-electron chi connectivity index (χ0n) is 6.90. The third-order valence-electron chi connectivity index (χ3n) is 1.72. The summed E-state index contributed by atoms with van der Waals surface area (Å²) in [6.45, 7) is 0. The third-order valence-corrected chi connectivity index (χ3v) is 2.59. The van der Waals surface area contributed by atoms with Crippen molar-refractivity contribution in [3.8, 4) is 10.4 Å². The van der Waals surface area contributed by atoms with Crippen molar-refractivity contribution in [3.63, 3.8) is 0 Å². The number of nitrogens with two attached hydrogens (primary N) is 2. The van der Waals surface area contributed by atoms with Gasteiger partial charge in [0.2, 0.25) is 0 Å². The molecule has 0 saturated carbocycles. The zero-order chi connectivity index (χ0) is 9.26. The van der Waals surface area contributed by atoms with E-state index in [0.717, 1.165) is 16.1 Å². The fraction of sp³-hybridized carbons (Fsp3) is 0. The van der Waals surface area contributed by atoms with Crippen molar-refractivity contribution in [2.24, 2.45) is 0 Å². The van der Waals surface area contributed by atoms with Crippen LogP contribution in [0.2, 0.25) is 0 Å². The van der Waals surface area contributed by atoms with Crippen LogP contribution in [0.5, 0.6) is 0 Å². The van der Waals surface area contributed by atoms with E-state index < -0.39 is 0 Å². The summed E-state index contributed by atoms with van der Waals surface area (Å²) < 4.78 is 0. The zero-order valence-corrected chi connectivity index (χ0v) is 7.71. The first-order valence-electron chi connectivity index (χ1n) is 3.83. The van der Waals surface area contributed by atoms with Gasteiger partial charge in [0.05, 0.1) is 4.88 Å². The minimum atomic E-state index is 0.590. The number of thiazole rings is 1. The van der Waals surface area contributed by atoms with E-state index in [9.17, 15) is 0 Å². The van der Waals surface area contributed by atoms with Gasteiger partial charge in [0.1, 0.15) is 0 Å². The molecule has 0 radical (unpaired) electrons. The molecule has 2 aromatic rings. The quantitative estimate of drug-likeness (QED) is 0.677. The normalized spacial score (nSPS) is 10.2. The summed E-state index contributed by atoms with van der Waals surface area (Å²) in [5.74, 6) is 0. The molecule has 1 heterocycles. The predicted octanol–water partition coefficient (Wildman–Crippen LogP) is 1.97. The van der Waals surface area contributed by atoms with Gasteiger partial charge in [-0.15, -0.1) is 0 Å². The first-order valence-corrected chi connectivity index (χ1v) is 4.64. The predicted molar refractivity (Wildman–Crippen MR) is 56.4 cm³/mol. The van der Waals surface area contributed by atoms with Gasteiger partial charge in [-0.1, -0.05) is 23.5 Å². The van der Waals surface area contributed by atoms with Gasteiger partial charge < -0.3 is 11.5 Å². The Hall–Kier alpha value is -1.55. The minimum Gasteiger partial charge on any atom is -0.399 e. The Morgan fingerprint density at radius 2 is 1.77 bits per heavy atom. The Morgan fingerprint density at radius 1 is 1.08 bits per heavy atom. The SMILES string of the molecule is Nc1ccc(-c2cnc(N)s2)cc1. The Labute approximate surface area is 80.0 Å². The third kappa shape index (κ3) is 1.62. The molecule has 0 aliphatic heterocycles. The molecule has 0 spiro atoms. The molecule has 0 saturated heterocycles. The van der Waals surface area contributed by atoms with E-state index >= 15 is 0 Å². The van der Waals surface area contributed by atoms with Crippen molar-refractivity contribution in [1.82, 2.24) is 4.98 Å². The van der Waals surface area contributed by atoms with Gasteiger partial charge in [-0.25, -0.2) is 4.98 Å². The fourth-order valence-electron chi connectivity index (χ4n) is 1.07. The molecule has 0 fully saturated rings. The smallest absolute Gasteiger partial charge is 0.180 e. The molecular formula is C9H9N3S. The monoisotopic (exact) mass is 191 g/mol. The number of anilines is 2. The topological polar surface area (TPSA) is 64.9 Å². The molecule has 0 amide bonds. The molecule has 1 aromatic carbocycles. The van der Waals surface area contributed by atoms with Crippen LogP contribution >= 0.6 is 11.3 Å². The van der Waals surface area contributed by atoms with E-state index in [1.807, 2.05) is 24.3 Å². The highest BCUT2D eigenvalue weighted by atomic mass is 32.1. The summed E-state index contributed by atoms with van der Waals surface area (Å²) in [7, 11) is 0. The molecule has 0 aliphatic rings. The Morgan fingerprint density at radius 3 is 2.31 bits per heavy atom. The molecule has 66 valence electrons. The maximum Gasteiger partial charge on any atom is 0.180 e. The average molecular weight is 191 g/mol. The van der Waals surface area contributed by atoms with Crippen LogP contribution in [0.1, 0.15) is 0 Å². The first-order chi connectivity index (χ1) is 6.25. The molecule has 4 heteroatoms. The Kier molecular flexibility index (Phi) is 1.90. The highest BCUT2D eigenvalue weighted by Crippen LogP contribution is 2.27. The summed E-state index contributed by atoms with van der Waals surface area (Å²) in [6.07, 6.45) is 1.77. The maximum absolute atomic E-state index is 5.57. The van der Waals surface area contributed by atoms with Crippen LogP contribution in [0.25, 0.3) is 10.4 Å². The van der Waals surface area contributed by atoms with Crippen molar-refractivity contribution >= 4 is 22.2 Å². The lowest BCUT2D eigenvalue weighted by atomic mass is 10.2. The molecule has 4 N–H and O–H groups in total. The number of nitrogens with zero attached hydrogens (tertiary/aromatic N) is 1. The van der Waals surface area contributed by atoms with Gasteiger partial charge in [0.15, 0.2) is 5.13 Å². The molecule has 0 bridgehead atoms. The molecule has 1 aromatic heterocycles. The van der Waals surface area contributed by atoms with Crippen molar-refractivity contribution in [3.05, 3.63) is 30.5 Å². The van der Waals surface area contributed by atoms with Gasteiger partial charge in [-0.3, -0.25) is 0 Å². The van der Waals surface area contributed by atoms with Crippen molar-refractivity contribution in [2.45, 2.75) is 0 Å². The first kappa shape index (κ1) is 8.07. The molecule has 0 atom stereocenters. The highest BCUT2D eigenvalue weighted by molar-refractivity contribution is 7.18. The minimum absolute atomic E-state index is 0.590. The van der Waals surface area contributed by atoms with Gasteiger partial charge in [0, 0.05) is 11.9 Å². The number of aromatic nitrogens is 1. The maximum atomic E-state index is 5.57. The van der Waals surface area contributed by atoms with Gasteiger partial charge >= 0.3 is 0 Å². The van der Waals surface area contributed by atoms with Gasteiger partial charge in [0.25, 0.3) is 0 Å². The number of hydrogen-bond donors (Lipinski definition) is 2. The lowest BCUT2D eigenvalue weighted by Gasteiger charge is -1.96. The lowest BCUT2D eigenvalue weighted by molar-refractivity contribution is 1.42. The van der Waals surface area contributed by atoms with Crippen molar-refractivity contribution in [1.29, 1.82) is 0 Å². The summed E-state index contributed by atoms with van der Waals surface area (Å²) in [5.41, 5.74) is 13.0. The molecule has 13 heavy (non-hydrogen) atoms. The second kappa shape index (κ2) is 3.06. The van der Waals surface area contributed by atoms with E-state index in [2.05, 4.69) is 4.98 Å². The van der Waals surface area contributed by atoms with Crippen molar-refractivity contribution in [2.75, 3.05) is 11.5 Å². The van der Waals surface area contributed by atoms with Crippen LogP contribution in [0.15, 0.2) is 30.5 Å². The second-order valence-electron chi connectivity index (χ2n) is 2.68. The molecular weight excluding hydrogens is 182 g/mol. The van der Waals surface area contributed by atoms with Crippen molar-refractivity contribution < 1.29 is 0 Å². The van der Waals surface area contributed by atoms with Gasteiger partial charge in [-0.2, -0.15) is 0 Å². The van der Waals surface area contributed by atoms with E-state index in [-0.39, 0.29) is 0 Å². The summed E-state index contributed by atoms with van der Waals surface area (Å²) in [6, 6.07) is 7.65. The Bertz CT molecular complexity index is 405. The summed E-state index contributed by atoms with van der Waals surface area (Å²) >= 11 is 1.47. The van der Waals surface area contributed by atoms with Crippen LogP contribution in [0.3, 0.4) is 0 Å². The number of rotatable bonds is 1. The van der Waals surface area contributed by atoms with Crippen LogP contribution in [0.4, 0.5) is 10.8 Å². The Balaban J connectivity index is 2.41. The van der Waals surface area contributed by atoms with Crippen LogP contribution in [0, 0.1) is 0 Å². The van der Waals surface area contributed by atoms with E-state index in [0.29, 0.717) is 5.13 Å². The molecule has 2 rings (SSSR count). The number of nitrogen functional groups attached to an aromatic ring is 2. The lowest BCUT2D eigenvalue weighted by Crippen LogP contribution is -1.82. The summed E-state index contributed by atoms with van der Waals surface area (Å²) in [5, 5.41) is 0.590. The molecule has 0 unspecified atom stereocenters. The average Bonchev–Trinajstić information content (AvgIpc) is 2.53. The van der Waals surface area contributed by atoms with Crippen LogP contribution < -0.4 is 11.5 Å². The highest BCUT2D eigenvalue weighted by Gasteiger charge is 2.00. The standard InChI is InChI=1S/C9H9N3S/c10-7-3-1-6(2-4-7)8-5-12-9(11)13-8/h1-5H,10H2,(H2,11,12). The largest absolute Gasteiger partial charge is 0.399 e.